The van der Waals surface area contributed by atoms with Gasteiger partial charge in [-0.3, -0.25) is 9.59 Å². The number of thioether (sulfide) groups is 1. The minimum Gasteiger partial charge on any atom is -0.493 e. The molecule has 9 nitrogen and oxygen atoms in total. The zero-order valence-corrected chi connectivity index (χ0v) is 14.6. The first kappa shape index (κ1) is 18.6. The first-order chi connectivity index (χ1) is 12.0. The summed E-state index contributed by atoms with van der Waals surface area (Å²) in [4.78, 5) is 22.3. The van der Waals surface area contributed by atoms with Gasteiger partial charge in [-0.25, -0.2) is 0 Å². The lowest BCUT2D eigenvalue weighted by molar-refractivity contribution is -0.138. The number of amidine groups is 1. The lowest BCUT2D eigenvalue weighted by Gasteiger charge is -2.12. The van der Waals surface area contributed by atoms with Crippen LogP contribution in [-0.2, 0) is 9.59 Å². The molecule has 0 spiro atoms. The van der Waals surface area contributed by atoms with Crippen molar-refractivity contribution in [3.05, 3.63) is 17.7 Å². The van der Waals surface area contributed by atoms with E-state index < -0.39 is 17.1 Å². The molecule has 134 valence electrons. The molecule has 1 fully saturated rings. The highest BCUT2D eigenvalue weighted by Gasteiger charge is 2.32. The Bertz CT molecular complexity index is 709. The van der Waals surface area contributed by atoms with Gasteiger partial charge in [-0.05, 0) is 12.1 Å². The van der Waals surface area contributed by atoms with Gasteiger partial charge < -0.3 is 24.6 Å². The van der Waals surface area contributed by atoms with Crippen LogP contribution in [0.4, 0.5) is 0 Å². The molecule has 1 amide bonds. The molecule has 1 aliphatic heterocycles. The number of amides is 1. The number of benzene rings is 1. The third-order valence-electron chi connectivity index (χ3n) is 3.18. The fraction of sp³-hybridized carbons (Fsp3) is 0.333. The molecule has 0 aliphatic carbocycles. The van der Waals surface area contributed by atoms with Crippen molar-refractivity contribution >= 4 is 35.0 Å². The van der Waals surface area contributed by atoms with Gasteiger partial charge in [0.1, 0.15) is 5.25 Å². The fourth-order valence-corrected chi connectivity index (χ4v) is 2.98. The summed E-state index contributed by atoms with van der Waals surface area (Å²) in [5, 5.41) is 18.6. The molecule has 1 saturated heterocycles. The summed E-state index contributed by atoms with van der Waals surface area (Å²) in [6, 6.07) is 3.39. The molecule has 2 rings (SSSR count). The van der Waals surface area contributed by atoms with E-state index in [0.717, 1.165) is 11.8 Å². The minimum absolute atomic E-state index is 0.250. The maximum Gasteiger partial charge on any atom is 0.305 e. The molecule has 10 heteroatoms. The number of carbonyl (C=O) groups is 2. The summed E-state index contributed by atoms with van der Waals surface area (Å²) < 4.78 is 15.7. The number of nitrogens with zero attached hydrogens (tertiary/aromatic N) is 2. The van der Waals surface area contributed by atoms with Crippen molar-refractivity contribution in [2.75, 3.05) is 21.3 Å². The second-order valence-corrected chi connectivity index (χ2v) is 5.99. The number of nitrogens with one attached hydrogen (secondary N) is 1. The van der Waals surface area contributed by atoms with Gasteiger partial charge in [0.25, 0.3) is 0 Å². The quantitative estimate of drug-likeness (QED) is 0.547. The van der Waals surface area contributed by atoms with Crippen LogP contribution in [0.3, 0.4) is 0 Å². The average molecular weight is 367 g/mol. The average Bonchev–Trinajstić information content (AvgIpc) is 2.92. The van der Waals surface area contributed by atoms with Crippen molar-refractivity contribution in [1.82, 2.24) is 5.32 Å². The van der Waals surface area contributed by atoms with Crippen LogP contribution in [0.2, 0.25) is 0 Å². The minimum atomic E-state index is -1.05. The van der Waals surface area contributed by atoms with E-state index in [1.807, 2.05) is 0 Å². The lowest BCUT2D eigenvalue weighted by atomic mass is 10.2. The van der Waals surface area contributed by atoms with Crippen molar-refractivity contribution in [1.29, 1.82) is 0 Å². The summed E-state index contributed by atoms with van der Waals surface area (Å²) in [6.07, 6.45) is 1.18. The SMILES string of the molecule is COc1cc(C=NN=C2NC(=O)C(CC(=O)O)S2)cc(OC)c1OC. The maximum absolute atomic E-state index is 11.6. The summed E-state index contributed by atoms with van der Waals surface area (Å²) in [7, 11) is 4.52. The molecule has 1 heterocycles. The molecule has 0 bridgehead atoms. The number of methoxy groups -OCH3 is 3. The Balaban J connectivity index is 2.14. The smallest absolute Gasteiger partial charge is 0.305 e. The Hall–Kier alpha value is -2.75. The first-order valence-electron chi connectivity index (χ1n) is 7.08. The fourth-order valence-electron chi connectivity index (χ4n) is 2.07. The Morgan fingerprint density at radius 2 is 1.92 bits per heavy atom. The van der Waals surface area contributed by atoms with Crippen LogP contribution in [0, 0.1) is 0 Å². The predicted octanol–water partition coefficient (Wildman–Crippen LogP) is 1.11. The number of carboxylic acid groups (broad SMARTS) is 1. The first-order valence-corrected chi connectivity index (χ1v) is 7.96. The van der Waals surface area contributed by atoms with Crippen molar-refractivity contribution in [3.63, 3.8) is 0 Å². The highest BCUT2D eigenvalue weighted by Crippen LogP contribution is 2.37. The monoisotopic (exact) mass is 367 g/mol. The van der Waals surface area contributed by atoms with Crippen LogP contribution in [0.1, 0.15) is 12.0 Å². The second kappa shape index (κ2) is 8.38. The zero-order chi connectivity index (χ0) is 18.4. The number of ether oxygens (including phenoxy) is 3. The van der Waals surface area contributed by atoms with Crippen molar-refractivity contribution in [2.45, 2.75) is 11.7 Å². The number of carbonyl (C=O) groups excluding carboxylic acids is 1. The van der Waals surface area contributed by atoms with Crippen LogP contribution < -0.4 is 19.5 Å². The third kappa shape index (κ3) is 4.63. The summed E-state index contributed by atoms with van der Waals surface area (Å²) in [6.45, 7) is 0. The third-order valence-corrected chi connectivity index (χ3v) is 4.25. The van der Waals surface area contributed by atoms with Gasteiger partial charge in [-0.15, -0.1) is 5.10 Å². The van der Waals surface area contributed by atoms with Gasteiger partial charge >= 0.3 is 5.97 Å². The van der Waals surface area contributed by atoms with Gasteiger partial charge in [-0.1, -0.05) is 11.8 Å². The Morgan fingerprint density at radius 3 is 2.44 bits per heavy atom. The van der Waals surface area contributed by atoms with E-state index in [2.05, 4.69) is 15.5 Å². The maximum atomic E-state index is 11.6. The van der Waals surface area contributed by atoms with E-state index in [-0.39, 0.29) is 11.6 Å². The molecule has 1 atom stereocenters. The van der Waals surface area contributed by atoms with Gasteiger partial charge in [0, 0.05) is 5.56 Å². The Kier molecular flexibility index (Phi) is 6.23. The van der Waals surface area contributed by atoms with Crippen molar-refractivity contribution < 1.29 is 28.9 Å². The summed E-state index contributed by atoms with van der Waals surface area (Å²) in [5.41, 5.74) is 0.648. The van der Waals surface area contributed by atoms with Crippen molar-refractivity contribution in [2.24, 2.45) is 10.2 Å². The standard InChI is InChI=1S/C15H17N3O6S/c1-22-9-4-8(5-10(23-2)13(9)24-3)7-16-18-15-17-14(21)11(25-15)6-12(19)20/h4-5,7,11H,6H2,1-3H3,(H,19,20)(H,17,18,21). The molecule has 0 aromatic heterocycles. The number of aliphatic carboxylic acids is 1. The van der Waals surface area contributed by atoms with Crippen LogP contribution >= 0.6 is 11.8 Å². The number of rotatable bonds is 7. The molecular formula is C15H17N3O6S. The molecule has 1 unspecified atom stereocenters. The molecule has 2 N–H and O–H groups in total. The van der Waals surface area contributed by atoms with Crippen LogP contribution in [0.15, 0.2) is 22.3 Å². The summed E-state index contributed by atoms with van der Waals surface area (Å²) in [5.74, 6) is -0.0328. The van der Waals surface area contributed by atoms with E-state index in [0.29, 0.717) is 22.8 Å². The Morgan fingerprint density at radius 1 is 1.28 bits per heavy atom. The number of hydrogen-bond donors (Lipinski definition) is 2. The van der Waals surface area contributed by atoms with Gasteiger partial charge in [0.15, 0.2) is 16.7 Å². The van der Waals surface area contributed by atoms with E-state index in [1.165, 1.54) is 27.5 Å². The highest BCUT2D eigenvalue weighted by atomic mass is 32.2. The normalized spacial score (nSPS) is 18.4. The topological polar surface area (TPSA) is 119 Å². The molecule has 25 heavy (non-hydrogen) atoms. The van der Waals surface area contributed by atoms with E-state index >= 15 is 0 Å². The van der Waals surface area contributed by atoms with Crippen LogP contribution in [0.25, 0.3) is 0 Å². The molecular weight excluding hydrogens is 350 g/mol. The van der Waals surface area contributed by atoms with E-state index in [4.69, 9.17) is 19.3 Å². The van der Waals surface area contributed by atoms with E-state index in [9.17, 15) is 9.59 Å². The zero-order valence-electron chi connectivity index (χ0n) is 13.8. The Labute approximate surface area is 148 Å². The molecule has 1 aromatic carbocycles. The second-order valence-electron chi connectivity index (χ2n) is 4.80. The van der Waals surface area contributed by atoms with Gasteiger partial charge in [0.2, 0.25) is 11.7 Å². The molecule has 1 aromatic rings. The number of hydrogen-bond acceptors (Lipinski definition) is 8. The predicted molar refractivity (Wildman–Crippen MR) is 92.9 cm³/mol. The molecule has 1 aliphatic rings. The van der Waals surface area contributed by atoms with Crippen molar-refractivity contribution in [3.8, 4) is 17.2 Å². The lowest BCUT2D eigenvalue weighted by Crippen LogP contribution is -2.26. The number of carboxylic acids is 1. The highest BCUT2D eigenvalue weighted by molar-refractivity contribution is 8.15. The van der Waals surface area contributed by atoms with Crippen LogP contribution in [0.5, 0.6) is 17.2 Å². The molecule has 0 saturated carbocycles. The van der Waals surface area contributed by atoms with Gasteiger partial charge in [0.05, 0.1) is 34.0 Å². The van der Waals surface area contributed by atoms with E-state index in [1.54, 1.807) is 12.1 Å². The van der Waals surface area contributed by atoms with Crippen LogP contribution in [-0.4, -0.2) is 54.9 Å². The van der Waals surface area contributed by atoms with Gasteiger partial charge in [-0.2, -0.15) is 5.10 Å². The summed E-state index contributed by atoms with van der Waals surface area (Å²) >= 11 is 1.03. The largest absolute Gasteiger partial charge is 0.493 e. The molecule has 0 radical (unpaired) electrons.